The van der Waals surface area contributed by atoms with Gasteiger partial charge >= 0.3 is 0 Å². The van der Waals surface area contributed by atoms with Crippen LogP contribution in [0.15, 0.2) is 0 Å². The minimum atomic E-state index is -0.327. The first-order chi connectivity index (χ1) is 8.43. The highest BCUT2D eigenvalue weighted by molar-refractivity contribution is 5.82. The highest BCUT2D eigenvalue weighted by Crippen LogP contribution is 2.40. The molecule has 2 aliphatic heterocycles. The van der Waals surface area contributed by atoms with Gasteiger partial charge in [-0.2, -0.15) is 0 Å². The Kier molecular flexibility index (Phi) is 3.97. The van der Waals surface area contributed by atoms with E-state index in [1.807, 2.05) is 18.7 Å². The number of nitrogens with two attached hydrogens (primary N) is 1. The first kappa shape index (κ1) is 13.8. The number of likely N-dealkylation sites (tertiary alicyclic amines) is 2. The molecule has 2 N–H and O–H groups in total. The summed E-state index contributed by atoms with van der Waals surface area (Å²) in [6, 6.07) is -0.327. The molecule has 104 valence electrons. The Morgan fingerprint density at radius 1 is 1.17 bits per heavy atom. The molecule has 0 aliphatic carbocycles. The molecule has 2 rings (SSSR count). The van der Waals surface area contributed by atoms with Gasteiger partial charge in [0.05, 0.1) is 6.04 Å². The van der Waals surface area contributed by atoms with Gasteiger partial charge in [-0.25, -0.2) is 0 Å². The molecular weight excluding hydrogens is 226 g/mol. The molecule has 4 nitrogen and oxygen atoms in total. The van der Waals surface area contributed by atoms with E-state index in [0.717, 1.165) is 32.6 Å². The summed E-state index contributed by atoms with van der Waals surface area (Å²) in [5.74, 6) is 0.382. The summed E-state index contributed by atoms with van der Waals surface area (Å²) < 4.78 is 0. The van der Waals surface area contributed by atoms with Crippen molar-refractivity contribution in [2.45, 2.75) is 39.2 Å². The molecule has 0 radical (unpaired) electrons. The lowest BCUT2D eigenvalue weighted by Gasteiger charge is -2.37. The molecule has 1 atom stereocenters. The topological polar surface area (TPSA) is 49.6 Å². The van der Waals surface area contributed by atoms with Gasteiger partial charge in [0.1, 0.15) is 0 Å². The molecule has 2 saturated heterocycles. The number of nitrogens with zero attached hydrogens (tertiary/aromatic N) is 2. The minimum Gasteiger partial charge on any atom is -0.341 e. The third-order valence-electron chi connectivity index (χ3n) is 4.80. The van der Waals surface area contributed by atoms with Crippen molar-refractivity contribution in [2.24, 2.45) is 17.1 Å². The van der Waals surface area contributed by atoms with Crippen molar-refractivity contribution < 1.29 is 4.79 Å². The van der Waals surface area contributed by atoms with Crippen molar-refractivity contribution in [1.29, 1.82) is 0 Å². The molecule has 0 aromatic rings. The fourth-order valence-electron chi connectivity index (χ4n) is 3.12. The van der Waals surface area contributed by atoms with E-state index in [4.69, 9.17) is 5.73 Å². The van der Waals surface area contributed by atoms with Crippen molar-refractivity contribution in [2.75, 3.05) is 33.2 Å². The van der Waals surface area contributed by atoms with Crippen LogP contribution in [0.1, 0.15) is 33.1 Å². The molecule has 1 spiro atoms. The van der Waals surface area contributed by atoms with Gasteiger partial charge in [0.25, 0.3) is 0 Å². The van der Waals surface area contributed by atoms with E-state index >= 15 is 0 Å². The smallest absolute Gasteiger partial charge is 0.239 e. The van der Waals surface area contributed by atoms with E-state index in [-0.39, 0.29) is 17.9 Å². The number of rotatable bonds is 2. The molecule has 2 aliphatic rings. The number of carbonyl (C=O) groups is 1. The van der Waals surface area contributed by atoms with E-state index in [1.165, 1.54) is 12.8 Å². The zero-order chi connectivity index (χ0) is 13.3. The molecule has 0 saturated carbocycles. The van der Waals surface area contributed by atoms with E-state index in [2.05, 4.69) is 11.9 Å². The average Bonchev–Trinajstić information content (AvgIpc) is 2.76. The summed E-state index contributed by atoms with van der Waals surface area (Å²) in [4.78, 5) is 16.7. The van der Waals surface area contributed by atoms with Crippen LogP contribution in [0.5, 0.6) is 0 Å². The van der Waals surface area contributed by atoms with Crippen molar-refractivity contribution in [3.63, 3.8) is 0 Å². The predicted molar refractivity (Wildman–Crippen MR) is 73.2 cm³/mol. The molecule has 0 unspecified atom stereocenters. The Morgan fingerprint density at radius 2 is 1.72 bits per heavy atom. The third-order valence-corrected chi connectivity index (χ3v) is 4.80. The maximum absolute atomic E-state index is 12.3. The second-order valence-electron chi connectivity index (χ2n) is 6.58. The van der Waals surface area contributed by atoms with Gasteiger partial charge < -0.3 is 15.5 Å². The molecule has 2 heterocycles. The van der Waals surface area contributed by atoms with Gasteiger partial charge in [0.15, 0.2) is 0 Å². The fourth-order valence-corrected chi connectivity index (χ4v) is 3.12. The number of carbonyl (C=O) groups excluding carboxylic acids is 1. The van der Waals surface area contributed by atoms with Crippen molar-refractivity contribution in [3.8, 4) is 0 Å². The van der Waals surface area contributed by atoms with Gasteiger partial charge in [-0.3, -0.25) is 4.79 Å². The summed E-state index contributed by atoms with van der Waals surface area (Å²) in [5, 5.41) is 0. The Hall–Kier alpha value is -0.610. The van der Waals surface area contributed by atoms with Crippen molar-refractivity contribution in [1.82, 2.24) is 9.80 Å². The predicted octanol–water partition coefficient (Wildman–Crippen LogP) is 0.914. The van der Waals surface area contributed by atoms with Crippen LogP contribution in [0.3, 0.4) is 0 Å². The molecule has 18 heavy (non-hydrogen) atoms. The zero-order valence-electron chi connectivity index (χ0n) is 12.0. The maximum atomic E-state index is 12.3. The van der Waals surface area contributed by atoms with Crippen LogP contribution < -0.4 is 5.73 Å². The molecule has 1 amide bonds. The Bertz CT molecular complexity index is 308. The van der Waals surface area contributed by atoms with Crippen molar-refractivity contribution in [3.05, 3.63) is 0 Å². The first-order valence-corrected chi connectivity index (χ1v) is 7.16. The summed E-state index contributed by atoms with van der Waals surface area (Å²) in [6.45, 7) is 8.20. The van der Waals surface area contributed by atoms with E-state index in [9.17, 15) is 4.79 Å². The minimum absolute atomic E-state index is 0.154. The summed E-state index contributed by atoms with van der Waals surface area (Å²) >= 11 is 0. The Morgan fingerprint density at radius 3 is 2.28 bits per heavy atom. The molecule has 0 bridgehead atoms. The Labute approximate surface area is 110 Å². The molecular formula is C14H27N3O. The number of hydrogen-bond acceptors (Lipinski definition) is 3. The van der Waals surface area contributed by atoms with Crippen LogP contribution in [-0.4, -0.2) is 55.0 Å². The van der Waals surface area contributed by atoms with Crippen LogP contribution >= 0.6 is 0 Å². The van der Waals surface area contributed by atoms with Gasteiger partial charge in [-0.15, -0.1) is 0 Å². The zero-order valence-corrected chi connectivity index (χ0v) is 12.0. The van der Waals surface area contributed by atoms with Crippen LogP contribution in [0.4, 0.5) is 0 Å². The van der Waals surface area contributed by atoms with Gasteiger partial charge in [-0.1, -0.05) is 13.8 Å². The first-order valence-electron chi connectivity index (χ1n) is 7.16. The second kappa shape index (κ2) is 5.17. The quantitative estimate of drug-likeness (QED) is 0.796. The maximum Gasteiger partial charge on any atom is 0.239 e. The summed E-state index contributed by atoms with van der Waals surface area (Å²) in [6.07, 6.45) is 3.62. The SMILES string of the molecule is CC(C)[C@H](N)C(=O)N1CCC2(CCN(C)CC2)C1. The molecule has 4 heteroatoms. The van der Waals surface area contributed by atoms with Crippen LogP contribution in [0.25, 0.3) is 0 Å². The van der Waals surface area contributed by atoms with Gasteiger partial charge in [0, 0.05) is 13.1 Å². The monoisotopic (exact) mass is 253 g/mol. The van der Waals surface area contributed by atoms with E-state index in [0.29, 0.717) is 5.41 Å². The summed E-state index contributed by atoms with van der Waals surface area (Å²) in [5.41, 5.74) is 6.37. The third kappa shape index (κ3) is 2.69. The van der Waals surface area contributed by atoms with E-state index in [1.54, 1.807) is 0 Å². The molecule has 0 aromatic heterocycles. The van der Waals surface area contributed by atoms with Gasteiger partial charge in [0.2, 0.25) is 5.91 Å². The molecule has 0 aromatic carbocycles. The highest BCUT2D eigenvalue weighted by atomic mass is 16.2. The van der Waals surface area contributed by atoms with Crippen molar-refractivity contribution >= 4 is 5.91 Å². The van der Waals surface area contributed by atoms with E-state index < -0.39 is 0 Å². The highest BCUT2D eigenvalue weighted by Gasteiger charge is 2.42. The largest absolute Gasteiger partial charge is 0.341 e. The summed E-state index contributed by atoms with van der Waals surface area (Å²) in [7, 11) is 2.18. The number of amides is 1. The number of hydrogen-bond donors (Lipinski definition) is 1. The number of piperidine rings is 1. The lowest BCUT2D eigenvalue weighted by Crippen LogP contribution is -2.47. The fraction of sp³-hybridized carbons (Fsp3) is 0.929. The standard InChI is InChI=1S/C14H27N3O/c1-11(2)12(15)13(18)17-9-6-14(10-17)4-7-16(3)8-5-14/h11-12H,4-10,15H2,1-3H3/t12-/m0/s1. The second-order valence-corrected chi connectivity index (χ2v) is 6.58. The lowest BCUT2D eigenvalue weighted by molar-refractivity contribution is -0.133. The van der Waals surface area contributed by atoms with Gasteiger partial charge in [-0.05, 0) is 50.7 Å². The van der Waals surface area contributed by atoms with Crippen LogP contribution in [0, 0.1) is 11.3 Å². The lowest BCUT2D eigenvalue weighted by atomic mass is 9.78. The average molecular weight is 253 g/mol. The van der Waals surface area contributed by atoms with Crippen LogP contribution in [-0.2, 0) is 4.79 Å². The normalized spacial score (nSPS) is 25.9. The van der Waals surface area contributed by atoms with Crippen LogP contribution in [0.2, 0.25) is 0 Å². The molecule has 2 fully saturated rings. The Balaban J connectivity index is 1.94.